The number of rotatable bonds is 6. The van der Waals surface area contributed by atoms with E-state index in [-0.39, 0.29) is 11.1 Å². The number of hydrogen-bond acceptors (Lipinski definition) is 2. The SMILES string of the molecule is CC(C)(C)N[Si](C)(C)C1C=C(CC2=CC([Si](C)(C)NC(C)(C)C)c3ccccc32)c2ccccc21. The minimum absolute atomic E-state index is 0.123. The lowest BCUT2D eigenvalue weighted by Gasteiger charge is -2.37. The summed E-state index contributed by atoms with van der Waals surface area (Å²) in [6.45, 7) is 23.7. The lowest BCUT2D eigenvalue weighted by atomic mass is 9.96. The second-order valence-electron chi connectivity index (χ2n) is 13.9. The van der Waals surface area contributed by atoms with Crippen LogP contribution in [-0.4, -0.2) is 27.5 Å². The average Bonchev–Trinajstić information content (AvgIpc) is 3.25. The summed E-state index contributed by atoms with van der Waals surface area (Å²) in [5.41, 5.74) is 10.2. The molecule has 2 aromatic rings. The quantitative estimate of drug-likeness (QED) is 0.391. The van der Waals surface area contributed by atoms with Crippen molar-refractivity contribution in [3.05, 3.63) is 82.9 Å². The van der Waals surface area contributed by atoms with Crippen molar-refractivity contribution >= 4 is 27.6 Å². The molecule has 0 amide bonds. The molecule has 0 radical (unpaired) electrons. The number of fused-ring (bicyclic) bond motifs is 2. The van der Waals surface area contributed by atoms with Crippen molar-refractivity contribution in [1.29, 1.82) is 0 Å². The van der Waals surface area contributed by atoms with Crippen LogP contribution in [0.1, 0.15) is 81.3 Å². The summed E-state index contributed by atoms with van der Waals surface area (Å²) in [5.74, 6) is 0. The molecule has 2 nitrogen and oxygen atoms in total. The normalized spacial score (nSPS) is 20.4. The molecule has 0 heterocycles. The van der Waals surface area contributed by atoms with Crippen LogP contribution >= 0.6 is 0 Å². The van der Waals surface area contributed by atoms with Crippen molar-refractivity contribution in [2.45, 2.75) is 96.3 Å². The van der Waals surface area contributed by atoms with E-state index in [0.29, 0.717) is 11.1 Å². The van der Waals surface area contributed by atoms with Gasteiger partial charge in [-0.25, -0.2) is 0 Å². The van der Waals surface area contributed by atoms with Gasteiger partial charge in [0.05, 0.1) is 0 Å². The van der Waals surface area contributed by atoms with Crippen LogP contribution in [0.4, 0.5) is 0 Å². The van der Waals surface area contributed by atoms with Gasteiger partial charge < -0.3 is 9.96 Å². The third-order valence-corrected chi connectivity index (χ3v) is 14.2. The molecular weight excluding hydrogens is 457 g/mol. The highest BCUT2D eigenvalue weighted by molar-refractivity contribution is 6.77. The molecule has 0 saturated heterocycles. The van der Waals surface area contributed by atoms with Gasteiger partial charge in [-0.05, 0) is 81.4 Å². The van der Waals surface area contributed by atoms with Crippen LogP contribution in [0.15, 0.2) is 60.7 Å². The first kappa shape index (κ1) is 26.3. The molecule has 2 aliphatic carbocycles. The van der Waals surface area contributed by atoms with Gasteiger partial charge in [-0.15, -0.1) is 0 Å². The van der Waals surface area contributed by atoms with Crippen molar-refractivity contribution in [3.63, 3.8) is 0 Å². The molecule has 2 atom stereocenters. The maximum atomic E-state index is 4.03. The maximum Gasteiger partial charge on any atom is 0.131 e. The maximum absolute atomic E-state index is 4.03. The van der Waals surface area contributed by atoms with Crippen LogP contribution in [0.3, 0.4) is 0 Å². The first-order valence-electron chi connectivity index (χ1n) is 13.3. The Labute approximate surface area is 216 Å². The largest absolute Gasteiger partial charge is 0.332 e. The topological polar surface area (TPSA) is 24.1 Å². The van der Waals surface area contributed by atoms with Crippen LogP contribution in [-0.2, 0) is 0 Å². The molecule has 2 unspecified atom stereocenters. The second kappa shape index (κ2) is 8.98. The third kappa shape index (κ3) is 5.66. The van der Waals surface area contributed by atoms with Gasteiger partial charge in [-0.2, -0.15) is 0 Å². The second-order valence-corrected chi connectivity index (χ2v) is 22.5. The van der Waals surface area contributed by atoms with Crippen molar-refractivity contribution in [2.75, 3.05) is 0 Å². The van der Waals surface area contributed by atoms with Crippen LogP contribution in [0.2, 0.25) is 26.2 Å². The summed E-state index contributed by atoms with van der Waals surface area (Å²) >= 11 is 0. The van der Waals surface area contributed by atoms with Gasteiger partial charge in [0.15, 0.2) is 0 Å². The molecule has 35 heavy (non-hydrogen) atoms. The molecule has 0 bridgehead atoms. The van der Waals surface area contributed by atoms with E-state index in [4.69, 9.17) is 0 Å². The van der Waals surface area contributed by atoms with E-state index in [1.165, 1.54) is 33.4 Å². The van der Waals surface area contributed by atoms with Crippen molar-refractivity contribution in [3.8, 4) is 0 Å². The fraction of sp³-hybridized carbons (Fsp3) is 0.484. The van der Waals surface area contributed by atoms with E-state index >= 15 is 0 Å². The zero-order chi connectivity index (χ0) is 25.8. The average molecular weight is 503 g/mol. The molecule has 188 valence electrons. The summed E-state index contributed by atoms with van der Waals surface area (Å²) in [4.78, 5) is 8.07. The molecule has 0 spiro atoms. The number of hydrogen-bond donors (Lipinski definition) is 2. The smallest absolute Gasteiger partial charge is 0.131 e. The Hall–Kier alpha value is -1.73. The van der Waals surface area contributed by atoms with Gasteiger partial charge >= 0.3 is 0 Å². The predicted octanol–water partition coefficient (Wildman–Crippen LogP) is 8.00. The molecule has 2 aromatic carbocycles. The van der Waals surface area contributed by atoms with Crippen molar-refractivity contribution < 1.29 is 0 Å². The fourth-order valence-electron chi connectivity index (χ4n) is 6.68. The fourth-order valence-corrected chi connectivity index (χ4v) is 14.2. The van der Waals surface area contributed by atoms with Gasteiger partial charge in [-0.3, -0.25) is 0 Å². The van der Waals surface area contributed by atoms with Gasteiger partial charge in [0.25, 0.3) is 0 Å². The lowest BCUT2D eigenvalue weighted by molar-refractivity contribution is 0.508. The molecule has 4 rings (SSSR count). The Bertz CT molecular complexity index is 1070. The molecule has 2 aliphatic rings. The Morgan fingerprint density at radius 1 is 0.600 bits per heavy atom. The van der Waals surface area contributed by atoms with E-state index in [0.717, 1.165) is 6.42 Å². The van der Waals surface area contributed by atoms with E-state index < -0.39 is 16.5 Å². The standard InChI is InChI=1S/C31H46N2Si2/c1-30(2,3)32-34(7,8)28-20-22(24-15-11-13-17-26(24)28)19-23-21-29(27-18-14-12-16-25(23)27)35(9,10)33-31(4,5)6/h11-18,20-21,28-29,32-33H,19H2,1-10H3. The van der Waals surface area contributed by atoms with Gasteiger partial charge in [0.1, 0.15) is 16.5 Å². The Balaban J connectivity index is 1.71. The van der Waals surface area contributed by atoms with E-state index in [1.54, 1.807) is 0 Å². The van der Waals surface area contributed by atoms with Crippen LogP contribution in [0.25, 0.3) is 11.1 Å². The number of nitrogens with one attached hydrogen (secondary N) is 2. The summed E-state index contributed by atoms with van der Waals surface area (Å²) in [7, 11) is -3.49. The lowest BCUT2D eigenvalue weighted by Crippen LogP contribution is -2.57. The third-order valence-electron chi connectivity index (χ3n) is 7.35. The van der Waals surface area contributed by atoms with Crippen LogP contribution < -0.4 is 9.96 Å². The van der Waals surface area contributed by atoms with Crippen LogP contribution in [0.5, 0.6) is 0 Å². The van der Waals surface area contributed by atoms with Gasteiger partial charge in [0, 0.05) is 22.2 Å². The van der Waals surface area contributed by atoms with E-state index in [1.807, 2.05) is 0 Å². The molecule has 0 fully saturated rings. The van der Waals surface area contributed by atoms with Gasteiger partial charge in [0.2, 0.25) is 0 Å². The zero-order valence-electron chi connectivity index (χ0n) is 23.6. The monoisotopic (exact) mass is 502 g/mol. The van der Waals surface area contributed by atoms with E-state index in [9.17, 15) is 0 Å². The minimum atomic E-state index is -1.75. The number of allylic oxidation sites excluding steroid dienone is 4. The summed E-state index contributed by atoms with van der Waals surface area (Å²) < 4.78 is 0. The van der Waals surface area contributed by atoms with E-state index in [2.05, 4.69) is 138 Å². The summed E-state index contributed by atoms with van der Waals surface area (Å²) in [6, 6.07) is 18.3. The molecule has 0 aromatic heterocycles. The first-order chi connectivity index (χ1) is 16.1. The summed E-state index contributed by atoms with van der Waals surface area (Å²) in [6.07, 6.45) is 6.24. The van der Waals surface area contributed by atoms with Crippen LogP contribution in [0, 0.1) is 0 Å². The number of benzene rings is 2. The summed E-state index contributed by atoms with van der Waals surface area (Å²) in [5, 5.41) is 0. The highest BCUT2D eigenvalue weighted by Crippen LogP contribution is 2.48. The van der Waals surface area contributed by atoms with Gasteiger partial charge in [-0.1, -0.05) is 86.9 Å². The van der Waals surface area contributed by atoms with Crippen molar-refractivity contribution in [2.24, 2.45) is 0 Å². The molecule has 4 heteroatoms. The Morgan fingerprint density at radius 3 is 1.29 bits per heavy atom. The molecule has 0 saturated carbocycles. The highest BCUT2D eigenvalue weighted by Gasteiger charge is 2.41. The first-order valence-corrected chi connectivity index (χ1v) is 19.4. The Kier molecular flexibility index (Phi) is 6.76. The Morgan fingerprint density at radius 2 is 0.943 bits per heavy atom. The molecular formula is C31H46N2Si2. The van der Waals surface area contributed by atoms with Crippen molar-refractivity contribution in [1.82, 2.24) is 9.96 Å². The molecule has 2 N–H and O–H groups in total. The highest BCUT2D eigenvalue weighted by atomic mass is 28.3. The predicted molar refractivity (Wildman–Crippen MR) is 160 cm³/mol. The molecule has 0 aliphatic heterocycles. The minimum Gasteiger partial charge on any atom is -0.332 e. The zero-order valence-corrected chi connectivity index (χ0v) is 25.6.